The number of hydrogen-bond donors (Lipinski definition) is 0. The summed E-state index contributed by atoms with van der Waals surface area (Å²) in [4.78, 5) is 21.4. The Labute approximate surface area is 202 Å². The van der Waals surface area contributed by atoms with Gasteiger partial charge in [-0.25, -0.2) is 9.98 Å². The molecule has 0 fully saturated rings. The predicted octanol–water partition coefficient (Wildman–Crippen LogP) is 5.37. The number of hydroxylamine groups is 1. The van der Waals surface area contributed by atoms with Gasteiger partial charge in [0.15, 0.2) is 6.17 Å². The van der Waals surface area contributed by atoms with Gasteiger partial charge in [0.05, 0.1) is 12.0 Å². The number of likely N-dealkylation sites (N-methyl/N-ethyl adjacent to an activating group) is 1. The van der Waals surface area contributed by atoms with Crippen LogP contribution in [0.25, 0.3) is 11.1 Å². The SMILES string of the molecule is [2H]c1ccc(-c2ccc(C3N=C(C)ON3c3ncc(Br)c(OCCN(C)C)n3)cc2Cl)cc1. The zero-order chi connectivity index (χ0) is 23.5. The molecule has 166 valence electrons. The third kappa shape index (κ3) is 5.03. The average molecular weight is 518 g/mol. The summed E-state index contributed by atoms with van der Waals surface area (Å²) in [7, 11) is 3.96. The number of hydrogen-bond acceptors (Lipinski definition) is 7. The number of rotatable bonds is 7. The number of benzene rings is 2. The molecule has 1 aliphatic rings. The van der Waals surface area contributed by atoms with Crippen LogP contribution in [0.2, 0.25) is 5.02 Å². The van der Waals surface area contributed by atoms with E-state index in [1.165, 1.54) is 0 Å². The van der Waals surface area contributed by atoms with Gasteiger partial charge in [-0.1, -0.05) is 54.0 Å². The molecule has 4 rings (SSSR count). The van der Waals surface area contributed by atoms with Crippen molar-refractivity contribution in [2.75, 3.05) is 32.3 Å². The first-order chi connectivity index (χ1) is 15.8. The maximum Gasteiger partial charge on any atom is 0.265 e. The van der Waals surface area contributed by atoms with Gasteiger partial charge in [-0.3, -0.25) is 0 Å². The van der Waals surface area contributed by atoms with E-state index in [0.29, 0.717) is 39.9 Å². The predicted molar refractivity (Wildman–Crippen MR) is 130 cm³/mol. The smallest absolute Gasteiger partial charge is 0.265 e. The highest BCUT2D eigenvalue weighted by Crippen LogP contribution is 2.36. The minimum Gasteiger partial charge on any atom is -0.475 e. The van der Waals surface area contributed by atoms with Gasteiger partial charge in [-0.2, -0.15) is 4.98 Å². The zero-order valence-corrected chi connectivity index (χ0v) is 20.3. The normalized spacial score (nSPS) is 16.1. The number of aliphatic imine (C=N–C) groups is 1. The van der Waals surface area contributed by atoms with Crippen molar-refractivity contribution in [3.05, 3.63) is 69.8 Å². The van der Waals surface area contributed by atoms with E-state index >= 15 is 0 Å². The second-order valence-electron chi connectivity index (χ2n) is 7.44. The van der Waals surface area contributed by atoms with Gasteiger partial charge in [0.2, 0.25) is 11.8 Å². The van der Waals surface area contributed by atoms with Crippen LogP contribution >= 0.6 is 27.5 Å². The third-order valence-corrected chi connectivity index (χ3v) is 5.61. The van der Waals surface area contributed by atoms with Crippen LogP contribution < -0.4 is 9.80 Å². The summed E-state index contributed by atoms with van der Waals surface area (Å²) < 4.78 is 14.1. The van der Waals surface area contributed by atoms with E-state index in [0.717, 1.165) is 23.2 Å². The summed E-state index contributed by atoms with van der Waals surface area (Å²) in [5.74, 6) is 1.25. The quantitative estimate of drug-likeness (QED) is 0.420. The number of ether oxygens (including phenoxy) is 1. The van der Waals surface area contributed by atoms with Gasteiger partial charge in [0.1, 0.15) is 6.61 Å². The number of halogens is 2. The molecule has 1 aromatic heterocycles. The molecule has 32 heavy (non-hydrogen) atoms. The van der Waals surface area contributed by atoms with E-state index in [4.69, 9.17) is 22.5 Å². The lowest BCUT2D eigenvalue weighted by Crippen LogP contribution is -2.25. The Morgan fingerprint density at radius 2 is 2.06 bits per heavy atom. The highest BCUT2D eigenvalue weighted by atomic mass is 79.9. The number of anilines is 1. The molecule has 0 aliphatic carbocycles. The van der Waals surface area contributed by atoms with E-state index in [2.05, 4.69) is 30.9 Å². The fourth-order valence-electron chi connectivity index (χ4n) is 3.17. The third-order valence-electron chi connectivity index (χ3n) is 4.75. The van der Waals surface area contributed by atoms with E-state index < -0.39 is 6.17 Å². The minimum absolute atomic E-state index is 0.329. The maximum atomic E-state index is 7.67. The summed E-state index contributed by atoms with van der Waals surface area (Å²) in [5, 5.41) is 2.12. The Bertz CT molecular complexity index is 1180. The molecule has 0 amide bonds. The molecule has 1 aliphatic heterocycles. The molecule has 2 aromatic carbocycles. The van der Waals surface area contributed by atoms with Crippen molar-refractivity contribution in [1.82, 2.24) is 14.9 Å². The number of aromatic nitrogens is 2. The van der Waals surface area contributed by atoms with Crippen LogP contribution in [0.3, 0.4) is 0 Å². The first-order valence-electron chi connectivity index (χ1n) is 10.5. The number of nitrogens with zero attached hydrogens (tertiary/aromatic N) is 5. The van der Waals surface area contributed by atoms with E-state index in [1.54, 1.807) is 30.3 Å². The summed E-state index contributed by atoms with van der Waals surface area (Å²) >= 11 is 10.1. The molecule has 0 radical (unpaired) electrons. The lowest BCUT2D eigenvalue weighted by atomic mass is 10.0. The van der Waals surface area contributed by atoms with Gasteiger partial charge in [-0.15, -0.1) is 5.06 Å². The maximum absolute atomic E-state index is 7.67. The second-order valence-corrected chi connectivity index (χ2v) is 8.70. The van der Waals surface area contributed by atoms with Crippen LogP contribution in [0, 0.1) is 0 Å². The van der Waals surface area contributed by atoms with Crippen LogP contribution in [0.15, 0.2) is 64.2 Å². The summed E-state index contributed by atoms with van der Waals surface area (Å²) in [5.41, 5.74) is 2.65. The van der Waals surface area contributed by atoms with Crippen LogP contribution in [-0.4, -0.2) is 48.0 Å². The lowest BCUT2D eigenvalue weighted by Gasteiger charge is -2.22. The zero-order valence-electron chi connectivity index (χ0n) is 18.9. The molecule has 1 atom stereocenters. The Hall–Kier alpha value is -2.68. The van der Waals surface area contributed by atoms with Crippen molar-refractivity contribution in [3.8, 4) is 17.0 Å². The summed E-state index contributed by atoms with van der Waals surface area (Å²) in [6.07, 6.45) is 1.14. The second kappa shape index (κ2) is 9.85. The molecule has 7 nitrogen and oxygen atoms in total. The van der Waals surface area contributed by atoms with Crippen LogP contribution in [0.5, 0.6) is 5.88 Å². The molecule has 0 spiro atoms. The topological polar surface area (TPSA) is 63.1 Å². The molecule has 3 aromatic rings. The van der Waals surface area contributed by atoms with Crippen molar-refractivity contribution < 1.29 is 10.9 Å². The minimum atomic E-state index is -0.497. The lowest BCUT2D eigenvalue weighted by molar-refractivity contribution is 0.242. The fraction of sp³-hybridized carbons (Fsp3) is 0.261. The molecular weight excluding hydrogens is 494 g/mol. The van der Waals surface area contributed by atoms with Crippen LogP contribution in [0.4, 0.5) is 5.95 Å². The molecule has 0 saturated heterocycles. The van der Waals surface area contributed by atoms with Gasteiger partial charge in [0, 0.05) is 29.6 Å². The fourth-order valence-corrected chi connectivity index (χ4v) is 3.77. The van der Waals surface area contributed by atoms with Gasteiger partial charge >= 0.3 is 0 Å². The molecular formula is C23H23BrClN5O2. The Morgan fingerprint density at radius 3 is 2.78 bits per heavy atom. The molecule has 9 heteroatoms. The van der Waals surface area contributed by atoms with Gasteiger partial charge < -0.3 is 14.5 Å². The van der Waals surface area contributed by atoms with Gasteiger partial charge in [0.25, 0.3) is 5.95 Å². The molecule has 1 unspecified atom stereocenters. The monoisotopic (exact) mass is 516 g/mol. The average Bonchev–Trinajstić information content (AvgIpc) is 3.17. The highest BCUT2D eigenvalue weighted by molar-refractivity contribution is 9.10. The molecule has 0 bridgehead atoms. The van der Waals surface area contributed by atoms with Crippen molar-refractivity contribution in [3.63, 3.8) is 0 Å². The van der Waals surface area contributed by atoms with E-state index in [1.807, 2.05) is 49.3 Å². The summed E-state index contributed by atoms with van der Waals surface area (Å²) in [6.45, 7) is 3.02. The van der Waals surface area contributed by atoms with Crippen molar-refractivity contribution in [2.45, 2.75) is 13.1 Å². The largest absolute Gasteiger partial charge is 0.475 e. The van der Waals surface area contributed by atoms with Crippen LogP contribution in [0.1, 0.15) is 20.0 Å². The van der Waals surface area contributed by atoms with E-state index in [9.17, 15) is 0 Å². The van der Waals surface area contributed by atoms with Crippen molar-refractivity contribution in [2.24, 2.45) is 4.99 Å². The van der Waals surface area contributed by atoms with Crippen molar-refractivity contribution >= 4 is 39.4 Å². The molecule has 0 N–H and O–H groups in total. The first-order valence-corrected chi connectivity index (χ1v) is 11.2. The Morgan fingerprint density at radius 1 is 1.28 bits per heavy atom. The van der Waals surface area contributed by atoms with E-state index in [-0.39, 0.29) is 0 Å². The summed E-state index contributed by atoms with van der Waals surface area (Å²) in [6, 6.07) is 13.4. The Balaban J connectivity index is 1.60. The first kappa shape index (κ1) is 21.2. The molecule has 0 saturated carbocycles. The van der Waals surface area contributed by atoms with Crippen LogP contribution in [-0.2, 0) is 4.84 Å². The van der Waals surface area contributed by atoms with Crippen molar-refractivity contribution in [1.29, 1.82) is 0 Å². The van der Waals surface area contributed by atoms with Gasteiger partial charge in [-0.05, 0) is 41.7 Å². The highest BCUT2D eigenvalue weighted by Gasteiger charge is 2.32. The Kier molecular flexibility index (Phi) is 6.52. The molecule has 2 heterocycles. The standard InChI is InChI=1S/C23H23BrClN5O2/c1-15-27-21(17-9-10-18(20(25)13-17)16-7-5-4-6-8-16)30(32-15)23-26-14-19(24)22(28-23)31-12-11-29(2)3/h4-10,13-14,21H,11-12H2,1-3H3/i4D.